The molecular weight excluding hydrogens is 314 g/mol. The van der Waals surface area contributed by atoms with Crippen LogP contribution in [0.2, 0.25) is 0 Å². The fourth-order valence-electron chi connectivity index (χ4n) is 2.38. The number of aromatic nitrogens is 2. The summed E-state index contributed by atoms with van der Waals surface area (Å²) >= 11 is 0. The van der Waals surface area contributed by atoms with Gasteiger partial charge in [-0.3, -0.25) is 10.1 Å². The zero-order chi connectivity index (χ0) is 16.5. The summed E-state index contributed by atoms with van der Waals surface area (Å²) in [6, 6.07) is 10.4. The molecule has 120 valence electrons. The predicted molar refractivity (Wildman–Crippen MR) is 86.5 cm³/mol. The molecular formula is C15H11N5O4. The molecule has 1 aliphatic heterocycles. The van der Waals surface area contributed by atoms with Gasteiger partial charge in [0.05, 0.1) is 33.8 Å². The van der Waals surface area contributed by atoms with Gasteiger partial charge in [-0.1, -0.05) is 12.1 Å². The summed E-state index contributed by atoms with van der Waals surface area (Å²) in [5, 5.41) is 15.2. The number of hydrazone groups is 1. The van der Waals surface area contributed by atoms with Crippen LogP contribution in [-0.2, 0) is 0 Å². The van der Waals surface area contributed by atoms with E-state index in [1.807, 2.05) is 24.3 Å². The Balaban J connectivity index is 1.60. The van der Waals surface area contributed by atoms with Gasteiger partial charge >= 0.3 is 0 Å². The van der Waals surface area contributed by atoms with Crippen LogP contribution in [0.4, 0.5) is 11.6 Å². The molecule has 0 saturated carbocycles. The van der Waals surface area contributed by atoms with Gasteiger partial charge in [-0.25, -0.2) is 10.4 Å². The molecule has 9 nitrogen and oxygen atoms in total. The molecule has 0 spiro atoms. The third-order valence-electron chi connectivity index (χ3n) is 3.48. The molecule has 2 heterocycles. The summed E-state index contributed by atoms with van der Waals surface area (Å²) in [4.78, 5) is 18.0. The average molecular weight is 325 g/mol. The van der Waals surface area contributed by atoms with Crippen LogP contribution in [-0.4, -0.2) is 27.9 Å². The Labute approximate surface area is 135 Å². The number of nitrogens with zero attached hydrogens (tertiary/aromatic N) is 3. The number of nitro benzene ring substituents is 1. The third kappa shape index (κ3) is 2.47. The van der Waals surface area contributed by atoms with Gasteiger partial charge in [-0.05, 0) is 18.2 Å². The molecule has 2 aromatic carbocycles. The van der Waals surface area contributed by atoms with Crippen LogP contribution in [0.25, 0.3) is 11.0 Å². The second kappa shape index (κ2) is 5.54. The van der Waals surface area contributed by atoms with Gasteiger partial charge in [0.15, 0.2) is 11.5 Å². The second-order valence-corrected chi connectivity index (χ2v) is 4.99. The fraction of sp³-hybridized carbons (Fsp3) is 0.0667. The van der Waals surface area contributed by atoms with Gasteiger partial charge in [0.25, 0.3) is 5.69 Å². The van der Waals surface area contributed by atoms with Crippen LogP contribution in [0.3, 0.4) is 0 Å². The normalized spacial score (nSPS) is 12.8. The maximum Gasteiger partial charge on any atom is 0.282 e. The Morgan fingerprint density at radius 2 is 2.08 bits per heavy atom. The van der Waals surface area contributed by atoms with Crippen molar-refractivity contribution in [3.05, 3.63) is 52.1 Å². The summed E-state index contributed by atoms with van der Waals surface area (Å²) < 4.78 is 10.4. The van der Waals surface area contributed by atoms with Crippen molar-refractivity contribution in [1.82, 2.24) is 9.97 Å². The molecule has 1 aliphatic rings. The number of fused-ring (bicyclic) bond motifs is 2. The Morgan fingerprint density at radius 1 is 1.29 bits per heavy atom. The molecule has 2 N–H and O–H groups in total. The molecule has 0 unspecified atom stereocenters. The van der Waals surface area contributed by atoms with E-state index in [9.17, 15) is 10.1 Å². The Kier molecular flexibility index (Phi) is 3.23. The highest BCUT2D eigenvalue weighted by Crippen LogP contribution is 2.37. The predicted octanol–water partition coefficient (Wildman–Crippen LogP) is 2.65. The summed E-state index contributed by atoms with van der Waals surface area (Å²) in [5.74, 6) is 1.24. The van der Waals surface area contributed by atoms with Crippen molar-refractivity contribution >= 4 is 28.9 Å². The van der Waals surface area contributed by atoms with Gasteiger partial charge in [0.2, 0.25) is 12.7 Å². The summed E-state index contributed by atoms with van der Waals surface area (Å²) in [6.07, 6.45) is 1.34. The number of para-hydroxylation sites is 2. The minimum atomic E-state index is -0.496. The summed E-state index contributed by atoms with van der Waals surface area (Å²) in [7, 11) is 0. The molecule has 0 aliphatic carbocycles. The molecule has 24 heavy (non-hydrogen) atoms. The van der Waals surface area contributed by atoms with E-state index in [2.05, 4.69) is 20.5 Å². The van der Waals surface area contributed by atoms with E-state index in [-0.39, 0.29) is 12.5 Å². The lowest BCUT2D eigenvalue weighted by atomic mass is 10.1. The van der Waals surface area contributed by atoms with Gasteiger partial charge in [-0.15, -0.1) is 0 Å². The van der Waals surface area contributed by atoms with Gasteiger partial charge in [-0.2, -0.15) is 5.10 Å². The van der Waals surface area contributed by atoms with E-state index < -0.39 is 4.92 Å². The maximum absolute atomic E-state index is 11.2. The fourth-order valence-corrected chi connectivity index (χ4v) is 2.38. The number of anilines is 1. The van der Waals surface area contributed by atoms with E-state index in [0.29, 0.717) is 23.0 Å². The maximum atomic E-state index is 11.2. The molecule has 1 aromatic heterocycles. The first-order valence-corrected chi connectivity index (χ1v) is 7.02. The van der Waals surface area contributed by atoms with Gasteiger partial charge in [0.1, 0.15) is 0 Å². The van der Waals surface area contributed by atoms with Crippen LogP contribution in [0.1, 0.15) is 5.56 Å². The molecule has 0 fully saturated rings. The zero-order valence-corrected chi connectivity index (χ0v) is 12.2. The quantitative estimate of drug-likeness (QED) is 0.433. The Bertz CT molecular complexity index is 933. The van der Waals surface area contributed by atoms with Crippen molar-refractivity contribution in [3.8, 4) is 11.5 Å². The number of hydrogen-bond donors (Lipinski definition) is 2. The molecule has 0 atom stereocenters. The Morgan fingerprint density at radius 3 is 2.88 bits per heavy atom. The van der Waals surface area contributed by atoms with E-state index in [1.54, 1.807) is 0 Å². The van der Waals surface area contributed by atoms with Crippen molar-refractivity contribution < 1.29 is 14.4 Å². The number of imidazole rings is 1. The highest BCUT2D eigenvalue weighted by molar-refractivity contribution is 5.87. The number of nitro groups is 1. The smallest absolute Gasteiger partial charge is 0.282 e. The number of benzene rings is 2. The summed E-state index contributed by atoms with van der Waals surface area (Å²) in [6.45, 7) is 0.0460. The lowest BCUT2D eigenvalue weighted by Crippen LogP contribution is -1.97. The molecule has 0 bridgehead atoms. The first-order valence-electron chi connectivity index (χ1n) is 7.02. The van der Waals surface area contributed by atoms with Crippen LogP contribution in [0, 0.1) is 10.1 Å². The molecule has 9 heteroatoms. The van der Waals surface area contributed by atoms with E-state index in [0.717, 1.165) is 11.0 Å². The molecule has 0 radical (unpaired) electrons. The number of ether oxygens (including phenoxy) is 2. The summed E-state index contributed by atoms with van der Waals surface area (Å²) in [5.41, 5.74) is 4.57. The molecule has 4 rings (SSSR count). The lowest BCUT2D eigenvalue weighted by molar-refractivity contribution is -0.385. The topological polar surface area (TPSA) is 115 Å². The highest BCUT2D eigenvalue weighted by atomic mass is 16.7. The SMILES string of the molecule is O=[N+]([O-])c1cc2c(cc1/C=N\Nc1nc3ccccc3[nH]1)OCO2. The van der Waals surface area contributed by atoms with E-state index in [1.165, 1.54) is 18.3 Å². The molecule has 3 aromatic rings. The minimum absolute atomic E-state index is 0.0460. The standard InChI is InChI=1S/C15H11N5O4/c21-20(22)12-6-14-13(23-8-24-14)5-9(12)7-16-19-15-17-10-3-1-2-4-11(10)18-15/h1-7H,8H2,(H2,17,18,19)/b16-7-. The van der Waals surface area contributed by atoms with Crippen molar-refractivity contribution in [1.29, 1.82) is 0 Å². The van der Waals surface area contributed by atoms with Gasteiger partial charge < -0.3 is 14.5 Å². The molecule has 0 amide bonds. The van der Waals surface area contributed by atoms with E-state index >= 15 is 0 Å². The zero-order valence-electron chi connectivity index (χ0n) is 12.2. The Hall–Kier alpha value is -3.62. The first kappa shape index (κ1) is 14.0. The second-order valence-electron chi connectivity index (χ2n) is 4.99. The average Bonchev–Trinajstić information content (AvgIpc) is 3.19. The highest BCUT2D eigenvalue weighted by Gasteiger charge is 2.22. The van der Waals surface area contributed by atoms with Crippen molar-refractivity contribution in [2.45, 2.75) is 0 Å². The van der Waals surface area contributed by atoms with Crippen molar-refractivity contribution in [2.24, 2.45) is 5.10 Å². The lowest BCUT2D eigenvalue weighted by Gasteiger charge is -2.00. The number of H-pyrrole nitrogens is 1. The minimum Gasteiger partial charge on any atom is -0.454 e. The van der Waals surface area contributed by atoms with E-state index in [4.69, 9.17) is 9.47 Å². The van der Waals surface area contributed by atoms with Crippen LogP contribution < -0.4 is 14.9 Å². The number of aromatic amines is 1. The number of rotatable bonds is 4. The molecule has 0 saturated heterocycles. The van der Waals surface area contributed by atoms with Crippen LogP contribution in [0.15, 0.2) is 41.5 Å². The van der Waals surface area contributed by atoms with Crippen LogP contribution in [0.5, 0.6) is 11.5 Å². The first-order chi connectivity index (χ1) is 11.7. The number of nitrogens with one attached hydrogen (secondary N) is 2. The van der Waals surface area contributed by atoms with Crippen LogP contribution >= 0.6 is 0 Å². The van der Waals surface area contributed by atoms with Gasteiger partial charge in [0, 0.05) is 0 Å². The third-order valence-corrected chi connectivity index (χ3v) is 3.48. The monoisotopic (exact) mass is 325 g/mol. The van der Waals surface area contributed by atoms with Crippen molar-refractivity contribution in [2.75, 3.05) is 12.2 Å². The number of hydrogen-bond acceptors (Lipinski definition) is 7. The van der Waals surface area contributed by atoms with Crippen molar-refractivity contribution in [3.63, 3.8) is 0 Å². The largest absolute Gasteiger partial charge is 0.454 e.